The largest absolute Gasteiger partial charge is 0.481 e. The SMILES string of the molecule is O=C(O)CCC12CCC(=O)N1c1ccc(F)cc1-c1nc(=O)c(-c3ccc(F)cc3)nn12. The summed E-state index contributed by atoms with van der Waals surface area (Å²) in [6.45, 7) is 0. The maximum absolute atomic E-state index is 14.1. The average Bonchev–Trinajstić information content (AvgIpc) is 3.10. The van der Waals surface area contributed by atoms with Crippen molar-refractivity contribution in [2.24, 2.45) is 0 Å². The fourth-order valence-electron chi connectivity index (χ4n) is 4.49. The lowest BCUT2D eigenvalue weighted by molar-refractivity contribution is -0.137. The number of nitrogens with zero attached hydrogens (tertiary/aromatic N) is 4. The van der Waals surface area contributed by atoms with Gasteiger partial charge in [-0.25, -0.2) is 13.5 Å². The molecule has 0 bridgehead atoms. The predicted octanol–water partition coefficient (Wildman–Crippen LogP) is 2.91. The number of carboxylic acids is 1. The van der Waals surface area contributed by atoms with Gasteiger partial charge in [0.05, 0.1) is 5.69 Å². The molecular weight excluding hydrogens is 422 g/mol. The van der Waals surface area contributed by atoms with Crippen LogP contribution in [-0.4, -0.2) is 31.7 Å². The zero-order valence-electron chi connectivity index (χ0n) is 16.6. The highest BCUT2D eigenvalue weighted by atomic mass is 19.1. The number of anilines is 1. The van der Waals surface area contributed by atoms with Gasteiger partial charge in [-0.15, -0.1) is 0 Å². The summed E-state index contributed by atoms with van der Waals surface area (Å²) in [4.78, 5) is 42.7. The Morgan fingerprint density at radius 1 is 1.09 bits per heavy atom. The Kier molecular flexibility index (Phi) is 4.40. The highest BCUT2D eigenvalue weighted by molar-refractivity contribution is 6.01. The monoisotopic (exact) mass is 438 g/mol. The first-order valence-corrected chi connectivity index (χ1v) is 9.93. The van der Waals surface area contributed by atoms with Crippen molar-refractivity contribution in [3.63, 3.8) is 0 Å². The van der Waals surface area contributed by atoms with Gasteiger partial charge in [0.15, 0.2) is 11.5 Å². The van der Waals surface area contributed by atoms with Crippen LogP contribution in [0.5, 0.6) is 0 Å². The van der Waals surface area contributed by atoms with Gasteiger partial charge >= 0.3 is 5.97 Å². The fourth-order valence-corrected chi connectivity index (χ4v) is 4.49. The first-order valence-electron chi connectivity index (χ1n) is 9.93. The van der Waals surface area contributed by atoms with Gasteiger partial charge in [-0.1, -0.05) is 0 Å². The standard InChI is InChI=1S/C22H16F2N4O4/c23-13-3-1-12(2-4-13)19-21(32)25-20-15-11-14(24)5-6-16(15)27-17(29)7-9-22(27,28(20)26-19)10-8-18(30)31/h1-6,11H,7-10H2,(H,30,31). The van der Waals surface area contributed by atoms with Crippen molar-refractivity contribution in [1.82, 2.24) is 14.8 Å². The van der Waals surface area contributed by atoms with E-state index in [1.165, 1.54) is 52.0 Å². The predicted molar refractivity (Wildman–Crippen MR) is 109 cm³/mol. The van der Waals surface area contributed by atoms with Crippen molar-refractivity contribution in [1.29, 1.82) is 0 Å². The molecule has 1 amide bonds. The smallest absolute Gasteiger partial charge is 0.303 e. The van der Waals surface area contributed by atoms with E-state index >= 15 is 0 Å². The quantitative estimate of drug-likeness (QED) is 0.672. The lowest BCUT2D eigenvalue weighted by Crippen LogP contribution is -2.53. The molecule has 2 aromatic carbocycles. The van der Waals surface area contributed by atoms with Gasteiger partial charge < -0.3 is 5.11 Å². The maximum atomic E-state index is 14.1. The zero-order valence-corrected chi connectivity index (χ0v) is 16.6. The minimum absolute atomic E-state index is 0.0122. The third-order valence-electron chi connectivity index (χ3n) is 5.91. The van der Waals surface area contributed by atoms with E-state index in [4.69, 9.17) is 0 Å². The van der Waals surface area contributed by atoms with Crippen LogP contribution in [0.4, 0.5) is 14.5 Å². The number of hydrogen-bond acceptors (Lipinski definition) is 5. The number of halogens is 2. The molecule has 1 atom stereocenters. The molecule has 1 aromatic heterocycles. The molecule has 5 rings (SSSR count). The first kappa shape index (κ1) is 20.0. The number of carbonyl (C=O) groups is 2. The van der Waals surface area contributed by atoms with Gasteiger partial charge in [0.2, 0.25) is 5.91 Å². The summed E-state index contributed by atoms with van der Waals surface area (Å²) in [6, 6.07) is 8.90. The molecule has 1 unspecified atom stereocenters. The van der Waals surface area contributed by atoms with Crippen LogP contribution in [0.15, 0.2) is 47.3 Å². The van der Waals surface area contributed by atoms with Crippen molar-refractivity contribution in [2.45, 2.75) is 31.3 Å². The molecule has 32 heavy (non-hydrogen) atoms. The molecule has 2 aliphatic rings. The number of carboxylic acid groups (broad SMARTS) is 1. The summed E-state index contributed by atoms with van der Waals surface area (Å²) in [7, 11) is 0. The van der Waals surface area contributed by atoms with Crippen LogP contribution in [0.25, 0.3) is 22.6 Å². The van der Waals surface area contributed by atoms with E-state index in [9.17, 15) is 28.3 Å². The zero-order chi connectivity index (χ0) is 22.6. The molecule has 162 valence electrons. The van der Waals surface area contributed by atoms with Gasteiger partial charge in [-0.3, -0.25) is 19.3 Å². The molecule has 3 aromatic rings. The number of benzene rings is 2. The number of fused-ring (bicyclic) bond motifs is 6. The third-order valence-corrected chi connectivity index (χ3v) is 5.91. The summed E-state index contributed by atoms with van der Waals surface area (Å²) in [6.07, 6.45) is 0.108. The second-order valence-corrected chi connectivity index (χ2v) is 7.77. The molecule has 10 heteroatoms. The number of aromatic nitrogens is 3. The van der Waals surface area contributed by atoms with E-state index in [0.29, 0.717) is 11.3 Å². The molecule has 2 aliphatic heterocycles. The highest BCUT2D eigenvalue weighted by Gasteiger charge is 2.53. The Labute approximate surface area is 179 Å². The fraction of sp³-hybridized carbons (Fsp3) is 0.227. The van der Waals surface area contributed by atoms with E-state index in [0.717, 1.165) is 0 Å². The third kappa shape index (κ3) is 2.90. The average molecular weight is 438 g/mol. The van der Waals surface area contributed by atoms with E-state index in [-0.39, 0.29) is 48.7 Å². The Hall–Kier alpha value is -3.95. The van der Waals surface area contributed by atoms with Crippen molar-refractivity contribution < 1.29 is 23.5 Å². The van der Waals surface area contributed by atoms with E-state index < -0.39 is 28.8 Å². The summed E-state index contributed by atoms with van der Waals surface area (Å²) in [5.74, 6) is -2.35. The molecule has 0 spiro atoms. The van der Waals surface area contributed by atoms with E-state index in [2.05, 4.69) is 10.1 Å². The van der Waals surface area contributed by atoms with Gasteiger partial charge in [-0.05, 0) is 42.5 Å². The topological polar surface area (TPSA) is 105 Å². The number of aliphatic carboxylic acids is 1. The Morgan fingerprint density at radius 2 is 1.81 bits per heavy atom. The Balaban J connectivity index is 1.81. The number of amides is 1. The van der Waals surface area contributed by atoms with Crippen LogP contribution in [-0.2, 0) is 15.3 Å². The molecule has 1 saturated heterocycles. The Bertz CT molecular complexity index is 1340. The van der Waals surface area contributed by atoms with Crippen LogP contribution in [0.3, 0.4) is 0 Å². The van der Waals surface area contributed by atoms with Crippen LogP contribution in [0, 0.1) is 11.6 Å². The molecule has 1 fully saturated rings. The molecule has 0 radical (unpaired) electrons. The van der Waals surface area contributed by atoms with Crippen molar-refractivity contribution >= 4 is 17.6 Å². The summed E-state index contributed by atoms with van der Waals surface area (Å²) in [5.41, 5.74) is -1.13. The lowest BCUT2D eigenvalue weighted by Gasteiger charge is -2.44. The van der Waals surface area contributed by atoms with Crippen molar-refractivity contribution in [2.75, 3.05) is 4.90 Å². The summed E-state index contributed by atoms with van der Waals surface area (Å²) in [5, 5.41) is 13.8. The van der Waals surface area contributed by atoms with E-state index in [1.807, 2.05) is 0 Å². The molecule has 8 nitrogen and oxygen atoms in total. The van der Waals surface area contributed by atoms with E-state index in [1.54, 1.807) is 0 Å². The second kappa shape index (κ2) is 7.04. The minimum atomic E-state index is -1.22. The number of rotatable bonds is 4. The normalized spacial score (nSPS) is 18.8. The first-order chi connectivity index (χ1) is 15.3. The lowest BCUT2D eigenvalue weighted by atomic mass is 9.95. The summed E-state index contributed by atoms with van der Waals surface area (Å²) >= 11 is 0. The number of hydrogen-bond donors (Lipinski definition) is 1. The van der Waals surface area contributed by atoms with Crippen LogP contribution in [0.1, 0.15) is 25.7 Å². The van der Waals surface area contributed by atoms with Crippen molar-refractivity contribution in [3.05, 3.63) is 64.5 Å². The minimum Gasteiger partial charge on any atom is -0.481 e. The number of carbonyl (C=O) groups excluding carboxylic acids is 1. The highest BCUT2D eigenvalue weighted by Crippen LogP contribution is 2.50. The van der Waals surface area contributed by atoms with Crippen LogP contribution < -0.4 is 10.5 Å². The van der Waals surface area contributed by atoms with Gasteiger partial charge in [0, 0.05) is 36.8 Å². The molecule has 1 N–H and O–H groups in total. The maximum Gasteiger partial charge on any atom is 0.303 e. The molecule has 0 saturated carbocycles. The van der Waals surface area contributed by atoms with Gasteiger partial charge in [-0.2, -0.15) is 10.1 Å². The second-order valence-electron chi connectivity index (χ2n) is 7.77. The van der Waals surface area contributed by atoms with Gasteiger partial charge in [0.25, 0.3) is 5.56 Å². The summed E-state index contributed by atoms with van der Waals surface area (Å²) < 4.78 is 28.9. The Morgan fingerprint density at radius 3 is 2.53 bits per heavy atom. The van der Waals surface area contributed by atoms with Gasteiger partial charge in [0.1, 0.15) is 17.3 Å². The molecule has 3 heterocycles. The van der Waals surface area contributed by atoms with Crippen LogP contribution >= 0.6 is 0 Å². The molecular formula is C22H16F2N4O4. The van der Waals surface area contributed by atoms with Crippen LogP contribution in [0.2, 0.25) is 0 Å². The molecule has 0 aliphatic carbocycles. The van der Waals surface area contributed by atoms with Crippen molar-refractivity contribution in [3.8, 4) is 22.6 Å².